The fourth-order valence-electron chi connectivity index (χ4n) is 4.25. The van der Waals surface area contributed by atoms with Crippen LogP contribution in [-0.2, 0) is 10.0 Å². The zero-order valence-electron chi connectivity index (χ0n) is 18.3. The third-order valence-corrected chi connectivity index (χ3v) is 7.97. The Morgan fingerprint density at radius 3 is 2.52 bits per heavy atom. The van der Waals surface area contributed by atoms with E-state index in [1.807, 2.05) is 18.2 Å². The Balaban J connectivity index is 1.48. The SMILES string of the molecule is COc1ccc(S(=O)(=O)N2CCCC2c2nc3cc(-c4ccc(F)c(C)c4)ccc3o2)cc1. The number of methoxy groups -OCH3 is 1. The fraction of sp³-hybridized carbons (Fsp3) is 0.240. The molecule has 4 aromatic rings. The Kier molecular flexibility index (Phi) is 5.42. The molecule has 0 N–H and O–H groups in total. The Morgan fingerprint density at radius 2 is 1.79 bits per heavy atom. The standard InChI is InChI=1S/C25H23FN2O4S/c1-16-14-17(5-11-21(16)26)18-6-12-24-22(15-18)27-25(32-24)23-4-3-13-28(23)33(29,30)20-9-7-19(31-2)8-10-20/h5-12,14-15,23H,3-4,13H2,1-2H3. The van der Waals surface area contributed by atoms with Crippen molar-refractivity contribution < 1.29 is 22.0 Å². The van der Waals surface area contributed by atoms with Gasteiger partial charge in [0.1, 0.15) is 23.1 Å². The molecule has 0 bridgehead atoms. The van der Waals surface area contributed by atoms with Crippen molar-refractivity contribution in [1.29, 1.82) is 0 Å². The summed E-state index contributed by atoms with van der Waals surface area (Å²) in [6.45, 7) is 2.13. The van der Waals surface area contributed by atoms with Gasteiger partial charge in [0.2, 0.25) is 15.9 Å². The zero-order chi connectivity index (χ0) is 23.2. The van der Waals surface area contributed by atoms with E-state index in [4.69, 9.17) is 9.15 Å². The zero-order valence-corrected chi connectivity index (χ0v) is 19.1. The minimum Gasteiger partial charge on any atom is -0.497 e. The van der Waals surface area contributed by atoms with Crippen LogP contribution in [0.25, 0.3) is 22.2 Å². The second kappa shape index (κ2) is 8.28. The van der Waals surface area contributed by atoms with E-state index < -0.39 is 16.1 Å². The van der Waals surface area contributed by atoms with E-state index in [2.05, 4.69) is 4.98 Å². The molecule has 0 amide bonds. The summed E-state index contributed by atoms with van der Waals surface area (Å²) < 4.78 is 52.9. The van der Waals surface area contributed by atoms with Gasteiger partial charge in [-0.05, 0) is 85.0 Å². The summed E-state index contributed by atoms with van der Waals surface area (Å²) in [4.78, 5) is 4.85. The molecule has 170 valence electrons. The third-order valence-electron chi connectivity index (χ3n) is 6.05. The van der Waals surface area contributed by atoms with Gasteiger partial charge < -0.3 is 9.15 Å². The van der Waals surface area contributed by atoms with Crippen molar-refractivity contribution in [2.24, 2.45) is 0 Å². The maximum Gasteiger partial charge on any atom is 0.243 e. The fourth-order valence-corrected chi connectivity index (χ4v) is 5.90. The quantitative estimate of drug-likeness (QED) is 0.390. The van der Waals surface area contributed by atoms with Crippen LogP contribution in [0.4, 0.5) is 4.39 Å². The molecule has 0 saturated carbocycles. The highest BCUT2D eigenvalue weighted by molar-refractivity contribution is 7.89. The molecule has 1 unspecified atom stereocenters. The van der Waals surface area contributed by atoms with Gasteiger partial charge in [0.25, 0.3) is 0 Å². The summed E-state index contributed by atoms with van der Waals surface area (Å²) in [6.07, 6.45) is 1.35. The molecule has 6 nitrogen and oxygen atoms in total. The maximum absolute atomic E-state index is 13.6. The van der Waals surface area contributed by atoms with E-state index in [1.54, 1.807) is 43.3 Å². The summed E-state index contributed by atoms with van der Waals surface area (Å²) in [5.41, 5.74) is 3.56. The number of fused-ring (bicyclic) bond motifs is 1. The monoisotopic (exact) mass is 466 g/mol. The van der Waals surface area contributed by atoms with Crippen LogP contribution < -0.4 is 4.74 Å². The van der Waals surface area contributed by atoms with E-state index in [1.165, 1.54) is 17.5 Å². The number of benzene rings is 3. The minimum atomic E-state index is -3.72. The highest BCUT2D eigenvalue weighted by Crippen LogP contribution is 2.38. The lowest BCUT2D eigenvalue weighted by atomic mass is 10.0. The highest BCUT2D eigenvalue weighted by Gasteiger charge is 2.39. The molecule has 0 spiro atoms. The molecule has 1 saturated heterocycles. The van der Waals surface area contributed by atoms with Crippen molar-refractivity contribution >= 4 is 21.1 Å². The van der Waals surface area contributed by atoms with Crippen LogP contribution in [0.2, 0.25) is 0 Å². The van der Waals surface area contributed by atoms with Crippen molar-refractivity contribution in [2.75, 3.05) is 13.7 Å². The summed E-state index contributed by atoms with van der Waals surface area (Å²) in [6, 6.07) is 16.5. The molecular formula is C25H23FN2O4S. The van der Waals surface area contributed by atoms with Crippen LogP contribution in [0.15, 0.2) is 70.0 Å². The molecule has 2 heterocycles. The van der Waals surface area contributed by atoms with Crippen molar-refractivity contribution in [1.82, 2.24) is 9.29 Å². The van der Waals surface area contributed by atoms with E-state index in [-0.39, 0.29) is 10.7 Å². The molecule has 1 atom stereocenters. The molecule has 8 heteroatoms. The van der Waals surface area contributed by atoms with Gasteiger partial charge in [0.15, 0.2) is 5.58 Å². The Labute approximate surface area is 191 Å². The second-order valence-corrected chi connectivity index (χ2v) is 10.0. The molecule has 1 fully saturated rings. The first-order chi connectivity index (χ1) is 15.9. The summed E-state index contributed by atoms with van der Waals surface area (Å²) in [7, 11) is -2.18. The largest absolute Gasteiger partial charge is 0.497 e. The molecule has 1 aromatic heterocycles. The number of ether oxygens (including phenoxy) is 1. The van der Waals surface area contributed by atoms with Crippen LogP contribution in [-0.4, -0.2) is 31.4 Å². The van der Waals surface area contributed by atoms with E-state index >= 15 is 0 Å². The topological polar surface area (TPSA) is 72.6 Å². The molecule has 33 heavy (non-hydrogen) atoms. The first-order valence-electron chi connectivity index (χ1n) is 10.7. The molecule has 5 rings (SSSR count). The number of aryl methyl sites for hydroxylation is 1. The van der Waals surface area contributed by atoms with Crippen LogP contribution in [0, 0.1) is 12.7 Å². The van der Waals surface area contributed by atoms with Crippen LogP contribution in [0.5, 0.6) is 5.75 Å². The van der Waals surface area contributed by atoms with Crippen molar-refractivity contribution in [3.8, 4) is 16.9 Å². The Bertz CT molecular complexity index is 1430. The summed E-state index contributed by atoms with van der Waals surface area (Å²) in [5, 5.41) is 0. The molecule has 1 aliphatic heterocycles. The molecular weight excluding hydrogens is 443 g/mol. The van der Waals surface area contributed by atoms with Gasteiger partial charge in [-0.15, -0.1) is 0 Å². The minimum absolute atomic E-state index is 0.209. The lowest BCUT2D eigenvalue weighted by Crippen LogP contribution is -2.30. The van der Waals surface area contributed by atoms with Gasteiger partial charge in [0, 0.05) is 6.54 Å². The predicted octanol–water partition coefficient (Wildman–Crippen LogP) is 5.48. The highest BCUT2D eigenvalue weighted by atomic mass is 32.2. The first-order valence-corrected chi connectivity index (χ1v) is 12.1. The van der Waals surface area contributed by atoms with Crippen molar-refractivity contribution in [3.05, 3.63) is 77.9 Å². The number of halogens is 1. The Hall–Kier alpha value is -3.23. The smallest absolute Gasteiger partial charge is 0.243 e. The van der Waals surface area contributed by atoms with Crippen LogP contribution >= 0.6 is 0 Å². The van der Waals surface area contributed by atoms with Crippen molar-refractivity contribution in [2.45, 2.75) is 30.7 Å². The van der Waals surface area contributed by atoms with Gasteiger partial charge in [-0.1, -0.05) is 12.1 Å². The second-order valence-electron chi connectivity index (χ2n) is 8.15. The summed E-state index contributed by atoms with van der Waals surface area (Å²) >= 11 is 0. The van der Waals surface area contributed by atoms with Crippen LogP contribution in [0.3, 0.4) is 0 Å². The predicted molar refractivity (Wildman–Crippen MR) is 123 cm³/mol. The lowest BCUT2D eigenvalue weighted by Gasteiger charge is -2.21. The normalized spacial score (nSPS) is 17.0. The van der Waals surface area contributed by atoms with Gasteiger partial charge in [-0.2, -0.15) is 4.31 Å². The molecule has 0 radical (unpaired) electrons. The molecule has 0 aliphatic carbocycles. The van der Waals surface area contributed by atoms with Crippen LogP contribution in [0.1, 0.15) is 30.3 Å². The van der Waals surface area contributed by atoms with E-state index in [0.717, 1.165) is 17.5 Å². The third kappa shape index (κ3) is 3.89. The van der Waals surface area contributed by atoms with Gasteiger partial charge >= 0.3 is 0 Å². The number of hydrogen-bond donors (Lipinski definition) is 0. The van der Waals surface area contributed by atoms with E-state index in [0.29, 0.717) is 41.3 Å². The average molecular weight is 467 g/mol. The van der Waals surface area contributed by atoms with Gasteiger partial charge in [0.05, 0.1) is 12.0 Å². The summed E-state index contributed by atoms with van der Waals surface area (Å²) in [5.74, 6) is 0.730. The Morgan fingerprint density at radius 1 is 1.06 bits per heavy atom. The number of nitrogens with zero attached hydrogens (tertiary/aromatic N) is 2. The van der Waals surface area contributed by atoms with E-state index in [9.17, 15) is 12.8 Å². The molecule has 1 aliphatic rings. The average Bonchev–Trinajstić information content (AvgIpc) is 3.48. The number of rotatable bonds is 5. The van der Waals surface area contributed by atoms with Crippen molar-refractivity contribution in [3.63, 3.8) is 0 Å². The maximum atomic E-state index is 13.6. The number of hydrogen-bond acceptors (Lipinski definition) is 5. The number of aromatic nitrogens is 1. The van der Waals surface area contributed by atoms with Gasteiger partial charge in [-0.25, -0.2) is 17.8 Å². The number of oxazole rings is 1. The van der Waals surface area contributed by atoms with Gasteiger partial charge in [-0.3, -0.25) is 0 Å². The first kappa shape index (κ1) is 21.6. The number of sulfonamides is 1. The lowest BCUT2D eigenvalue weighted by molar-refractivity contribution is 0.337. The molecule has 3 aromatic carbocycles.